The van der Waals surface area contributed by atoms with Gasteiger partial charge in [0.05, 0.1) is 4.99 Å². The molecule has 1 saturated heterocycles. The third-order valence-electron chi connectivity index (χ3n) is 3.78. The van der Waals surface area contributed by atoms with Crippen molar-refractivity contribution in [3.63, 3.8) is 0 Å². The molecular weight excluding hydrogens is 408 g/mol. The van der Waals surface area contributed by atoms with E-state index in [9.17, 15) is 14.4 Å². The number of hydrogen-bond acceptors (Lipinski definition) is 7. The fraction of sp³-hybridized carbons (Fsp3) is 0.810. The molecule has 9 heteroatoms. The fourth-order valence-corrected chi connectivity index (χ4v) is 2.99. The van der Waals surface area contributed by atoms with E-state index in [1.54, 1.807) is 67.2 Å². The van der Waals surface area contributed by atoms with Gasteiger partial charge in [-0.05, 0) is 68.7 Å². The van der Waals surface area contributed by atoms with Gasteiger partial charge < -0.3 is 24.4 Å². The number of thiocarbonyl (C=S) groups is 1. The SMILES string of the molecule is CC(C)(C)OC(=O)N[C@@H](CC(=S)N1CC[C@H]1C(=O)OC(C)(C)C)C(=O)OC(C)(C)C. The number of ether oxygens (including phenoxy) is 3. The van der Waals surface area contributed by atoms with Gasteiger partial charge in [-0.1, -0.05) is 12.2 Å². The quantitative estimate of drug-likeness (QED) is 0.392. The molecule has 0 aromatic heterocycles. The van der Waals surface area contributed by atoms with Gasteiger partial charge in [0.15, 0.2) is 0 Å². The molecule has 1 rings (SSSR count). The zero-order valence-corrected chi connectivity index (χ0v) is 20.4. The maximum Gasteiger partial charge on any atom is 0.408 e. The molecule has 0 aromatic carbocycles. The predicted octanol–water partition coefficient (Wildman–Crippen LogP) is 3.35. The van der Waals surface area contributed by atoms with Gasteiger partial charge in [0.2, 0.25) is 0 Å². The van der Waals surface area contributed by atoms with E-state index >= 15 is 0 Å². The van der Waals surface area contributed by atoms with Crippen LogP contribution in [0.15, 0.2) is 0 Å². The van der Waals surface area contributed by atoms with Crippen LogP contribution in [0.2, 0.25) is 0 Å². The normalized spacial score (nSPS) is 18.0. The number of likely N-dealkylation sites (tertiary alicyclic amines) is 1. The van der Waals surface area contributed by atoms with E-state index in [1.807, 2.05) is 0 Å². The van der Waals surface area contributed by atoms with Gasteiger partial charge in [0, 0.05) is 13.0 Å². The van der Waals surface area contributed by atoms with Crippen LogP contribution < -0.4 is 5.32 Å². The predicted molar refractivity (Wildman–Crippen MR) is 117 cm³/mol. The number of nitrogens with zero attached hydrogens (tertiary/aromatic N) is 1. The third kappa shape index (κ3) is 9.28. The Labute approximate surface area is 185 Å². The van der Waals surface area contributed by atoms with Crippen LogP contribution in [-0.2, 0) is 23.8 Å². The second-order valence-electron chi connectivity index (χ2n) is 10.4. The summed E-state index contributed by atoms with van der Waals surface area (Å²) < 4.78 is 16.1. The molecule has 1 amide bonds. The van der Waals surface area contributed by atoms with Gasteiger partial charge in [-0.25, -0.2) is 14.4 Å². The van der Waals surface area contributed by atoms with E-state index in [0.29, 0.717) is 18.0 Å². The van der Waals surface area contributed by atoms with Crippen molar-refractivity contribution in [1.82, 2.24) is 10.2 Å². The zero-order valence-electron chi connectivity index (χ0n) is 19.6. The first-order valence-electron chi connectivity index (χ1n) is 10.1. The Balaban J connectivity index is 2.87. The van der Waals surface area contributed by atoms with Crippen LogP contribution in [-0.4, -0.2) is 63.4 Å². The molecule has 30 heavy (non-hydrogen) atoms. The average molecular weight is 445 g/mol. The average Bonchev–Trinajstić information content (AvgIpc) is 2.38. The molecule has 0 aromatic rings. The lowest BCUT2D eigenvalue weighted by Crippen LogP contribution is -2.57. The summed E-state index contributed by atoms with van der Waals surface area (Å²) in [5.74, 6) is -0.977. The lowest BCUT2D eigenvalue weighted by atomic mass is 10.0. The first-order valence-corrected chi connectivity index (χ1v) is 10.5. The molecule has 1 fully saturated rings. The van der Waals surface area contributed by atoms with Gasteiger partial charge >= 0.3 is 18.0 Å². The minimum absolute atomic E-state index is 0.0167. The molecule has 8 nitrogen and oxygen atoms in total. The minimum Gasteiger partial charge on any atom is -0.458 e. The maximum absolute atomic E-state index is 12.7. The number of carbonyl (C=O) groups is 3. The van der Waals surface area contributed by atoms with E-state index in [4.69, 9.17) is 26.4 Å². The zero-order chi connectivity index (χ0) is 23.5. The van der Waals surface area contributed by atoms with Crippen molar-refractivity contribution in [2.45, 2.75) is 104 Å². The first kappa shape index (κ1) is 26.1. The second-order valence-corrected chi connectivity index (χ2v) is 10.8. The Kier molecular flexibility index (Phi) is 8.27. The van der Waals surface area contributed by atoms with Gasteiger partial charge in [0.1, 0.15) is 28.9 Å². The van der Waals surface area contributed by atoms with Crippen LogP contribution in [0.25, 0.3) is 0 Å². The molecule has 0 unspecified atom stereocenters. The van der Waals surface area contributed by atoms with Gasteiger partial charge in [-0.3, -0.25) is 0 Å². The number of nitrogens with one attached hydrogen (secondary N) is 1. The molecule has 1 N–H and O–H groups in total. The monoisotopic (exact) mass is 444 g/mol. The minimum atomic E-state index is -1.04. The highest BCUT2D eigenvalue weighted by molar-refractivity contribution is 7.80. The summed E-state index contributed by atoms with van der Waals surface area (Å²) in [6.45, 7) is 16.4. The molecule has 1 aliphatic heterocycles. The second kappa shape index (κ2) is 9.49. The summed E-state index contributed by atoms with van der Waals surface area (Å²) in [6, 6.07) is -1.52. The molecular formula is C21H36N2O6S. The number of rotatable bonds is 5. The number of esters is 2. The Hall–Kier alpha value is -1.90. The van der Waals surface area contributed by atoms with Crippen molar-refractivity contribution >= 4 is 35.2 Å². The molecule has 0 saturated carbocycles. The lowest BCUT2D eigenvalue weighted by molar-refractivity contribution is -0.163. The Bertz CT molecular complexity index is 672. The summed E-state index contributed by atoms with van der Waals surface area (Å²) in [6.07, 6.45) is -0.109. The summed E-state index contributed by atoms with van der Waals surface area (Å²) in [7, 11) is 0. The topological polar surface area (TPSA) is 94.2 Å². The Morgan fingerprint density at radius 3 is 1.83 bits per heavy atom. The molecule has 1 heterocycles. The highest BCUT2D eigenvalue weighted by Crippen LogP contribution is 2.24. The van der Waals surface area contributed by atoms with Crippen molar-refractivity contribution in [3.05, 3.63) is 0 Å². The van der Waals surface area contributed by atoms with E-state index in [0.717, 1.165) is 0 Å². The van der Waals surface area contributed by atoms with Gasteiger partial charge in [-0.2, -0.15) is 0 Å². The Morgan fingerprint density at radius 1 is 0.933 bits per heavy atom. The summed E-state index contributed by atoms with van der Waals surface area (Å²) in [5.41, 5.74) is -2.05. The molecule has 0 radical (unpaired) electrons. The molecule has 0 aliphatic carbocycles. The molecule has 172 valence electrons. The largest absolute Gasteiger partial charge is 0.458 e. The van der Waals surface area contributed by atoms with E-state index in [-0.39, 0.29) is 12.4 Å². The van der Waals surface area contributed by atoms with Crippen molar-refractivity contribution in [2.75, 3.05) is 6.54 Å². The first-order chi connectivity index (χ1) is 13.4. The smallest absolute Gasteiger partial charge is 0.408 e. The van der Waals surface area contributed by atoms with Crippen LogP contribution in [0.5, 0.6) is 0 Å². The molecule has 2 atom stereocenters. The maximum atomic E-state index is 12.7. The van der Waals surface area contributed by atoms with Gasteiger partial charge in [-0.15, -0.1) is 0 Å². The third-order valence-corrected chi connectivity index (χ3v) is 4.18. The number of hydrogen-bond donors (Lipinski definition) is 1. The molecule has 0 spiro atoms. The van der Waals surface area contributed by atoms with Crippen molar-refractivity contribution in [3.8, 4) is 0 Å². The van der Waals surface area contributed by atoms with E-state index in [2.05, 4.69) is 5.32 Å². The van der Waals surface area contributed by atoms with Gasteiger partial charge in [0.25, 0.3) is 0 Å². The van der Waals surface area contributed by atoms with E-state index < -0.39 is 40.9 Å². The van der Waals surface area contributed by atoms with Crippen LogP contribution >= 0.6 is 12.2 Å². The molecule has 1 aliphatic rings. The Morgan fingerprint density at radius 2 is 1.43 bits per heavy atom. The van der Waals surface area contributed by atoms with E-state index in [1.165, 1.54) is 0 Å². The van der Waals surface area contributed by atoms with Crippen molar-refractivity contribution in [1.29, 1.82) is 0 Å². The van der Waals surface area contributed by atoms with Crippen LogP contribution in [0.3, 0.4) is 0 Å². The standard InChI is InChI=1S/C21H36N2O6S/c1-19(2,3)27-16(24)13(22-18(26)29-21(7,8)9)12-15(30)23-11-10-14(23)17(25)28-20(4,5)6/h13-14H,10-12H2,1-9H3,(H,22,26)/t13-,14-/m0/s1. The van der Waals surface area contributed by atoms with Crippen molar-refractivity contribution in [2.24, 2.45) is 0 Å². The number of alkyl carbamates (subject to hydrolysis) is 1. The fourth-order valence-electron chi connectivity index (χ4n) is 2.61. The van der Waals surface area contributed by atoms with Crippen LogP contribution in [0.1, 0.15) is 75.2 Å². The number of carbonyl (C=O) groups excluding carboxylic acids is 3. The highest BCUT2D eigenvalue weighted by atomic mass is 32.1. The summed E-state index contributed by atoms with van der Waals surface area (Å²) >= 11 is 5.48. The molecule has 0 bridgehead atoms. The van der Waals surface area contributed by atoms with Crippen molar-refractivity contribution < 1.29 is 28.6 Å². The highest BCUT2D eigenvalue weighted by Gasteiger charge is 2.40. The summed E-state index contributed by atoms with van der Waals surface area (Å²) in [4.78, 5) is 39.4. The lowest BCUT2D eigenvalue weighted by Gasteiger charge is -2.42. The van der Waals surface area contributed by atoms with Crippen LogP contribution in [0.4, 0.5) is 4.79 Å². The number of amides is 1. The van der Waals surface area contributed by atoms with Crippen LogP contribution in [0, 0.1) is 0 Å². The summed E-state index contributed by atoms with van der Waals surface area (Å²) in [5, 5.41) is 2.55.